The summed E-state index contributed by atoms with van der Waals surface area (Å²) in [5.74, 6) is 0.418. The molecule has 1 aliphatic heterocycles. The molecule has 2 aromatic rings. The molecule has 0 saturated carbocycles. The van der Waals surface area contributed by atoms with Crippen LogP contribution in [0.1, 0.15) is 147 Å². The fourth-order valence-corrected chi connectivity index (χ4v) is 6.26. The standard InChI is InChI=1S/C30H41NO2/c1-3-5-7-9-10-11-12-14-17-22-23-19-15-16-21-20-25-28(30(33)31-29(25)32)27(26(21)23)24(22)18-13-8-6-4-2/h15-16,19-20,22,24H,3-14,17-18H2,1-2H3,(H,31,32,33). The Balaban J connectivity index is 1.55. The number of hydrogen-bond donors (Lipinski definition) is 1. The highest BCUT2D eigenvalue weighted by atomic mass is 16.2. The normalized spacial score (nSPS) is 18.8. The van der Waals surface area contributed by atoms with Gasteiger partial charge in [-0.1, -0.05) is 109 Å². The molecule has 2 atom stereocenters. The first-order valence-electron chi connectivity index (χ1n) is 13.6. The smallest absolute Gasteiger partial charge is 0.259 e. The molecule has 1 aliphatic carbocycles. The zero-order valence-electron chi connectivity index (χ0n) is 20.7. The van der Waals surface area contributed by atoms with E-state index < -0.39 is 0 Å². The van der Waals surface area contributed by atoms with E-state index in [0.717, 1.165) is 11.8 Å². The van der Waals surface area contributed by atoms with Crippen molar-refractivity contribution in [1.29, 1.82) is 0 Å². The van der Waals surface area contributed by atoms with Crippen LogP contribution in [0.5, 0.6) is 0 Å². The van der Waals surface area contributed by atoms with Gasteiger partial charge >= 0.3 is 0 Å². The van der Waals surface area contributed by atoms with Gasteiger partial charge in [0, 0.05) is 0 Å². The van der Waals surface area contributed by atoms with Gasteiger partial charge in [0.15, 0.2) is 0 Å². The summed E-state index contributed by atoms with van der Waals surface area (Å²) in [6.45, 7) is 4.52. The zero-order chi connectivity index (χ0) is 23.2. The average Bonchev–Trinajstić information content (AvgIpc) is 3.28. The lowest BCUT2D eigenvalue weighted by molar-refractivity contribution is 0.0879. The van der Waals surface area contributed by atoms with Gasteiger partial charge in [-0.25, -0.2) is 0 Å². The Hall–Kier alpha value is -2.16. The number of imide groups is 1. The molecule has 3 heteroatoms. The van der Waals surface area contributed by atoms with Crippen molar-refractivity contribution < 1.29 is 9.59 Å². The SMILES string of the molecule is CCCCCCCCCCC1c2cccc3cc4c(c(c23)C1CCCCCC)C(=O)NC4=O. The highest BCUT2D eigenvalue weighted by Crippen LogP contribution is 2.53. The minimum Gasteiger partial charge on any atom is -0.288 e. The van der Waals surface area contributed by atoms with Crippen LogP contribution in [0.15, 0.2) is 24.3 Å². The third kappa shape index (κ3) is 5.03. The van der Waals surface area contributed by atoms with Crippen molar-refractivity contribution in [2.45, 2.75) is 116 Å². The van der Waals surface area contributed by atoms with Crippen molar-refractivity contribution in [3.05, 3.63) is 46.5 Å². The second-order valence-corrected chi connectivity index (χ2v) is 10.3. The lowest BCUT2D eigenvalue weighted by atomic mass is 9.80. The first-order chi connectivity index (χ1) is 16.2. The number of nitrogens with one attached hydrogen (secondary N) is 1. The number of carbonyl (C=O) groups excluding carboxylic acids is 2. The molecule has 1 N–H and O–H groups in total. The number of hydrogen-bond acceptors (Lipinski definition) is 2. The molecule has 3 nitrogen and oxygen atoms in total. The monoisotopic (exact) mass is 447 g/mol. The van der Waals surface area contributed by atoms with Crippen LogP contribution in [-0.2, 0) is 0 Å². The Kier molecular flexibility index (Phi) is 8.22. The minimum atomic E-state index is -0.227. The molecule has 0 bridgehead atoms. The molecule has 0 radical (unpaired) electrons. The molecular formula is C30H41NO2. The van der Waals surface area contributed by atoms with Gasteiger partial charge in [0.05, 0.1) is 11.1 Å². The first kappa shape index (κ1) is 24.0. The quantitative estimate of drug-likeness (QED) is 0.233. The summed E-state index contributed by atoms with van der Waals surface area (Å²) < 4.78 is 0. The first-order valence-corrected chi connectivity index (χ1v) is 13.6. The van der Waals surface area contributed by atoms with E-state index >= 15 is 0 Å². The van der Waals surface area contributed by atoms with Gasteiger partial charge in [-0.3, -0.25) is 14.9 Å². The van der Waals surface area contributed by atoms with Crippen LogP contribution in [0.4, 0.5) is 0 Å². The van der Waals surface area contributed by atoms with Crippen LogP contribution >= 0.6 is 0 Å². The molecule has 33 heavy (non-hydrogen) atoms. The molecule has 0 fully saturated rings. The Bertz CT molecular complexity index is 992. The van der Waals surface area contributed by atoms with Crippen molar-refractivity contribution in [3.63, 3.8) is 0 Å². The summed E-state index contributed by atoms with van der Waals surface area (Å²) >= 11 is 0. The summed E-state index contributed by atoms with van der Waals surface area (Å²) in [5.41, 5.74) is 3.87. The van der Waals surface area contributed by atoms with E-state index in [-0.39, 0.29) is 11.8 Å². The van der Waals surface area contributed by atoms with Gasteiger partial charge in [-0.15, -0.1) is 0 Å². The highest BCUT2D eigenvalue weighted by molar-refractivity contribution is 6.25. The maximum absolute atomic E-state index is 12.8. The minimum absolute atomic E-state index is 0.187. The van der Waals surface area contributed by atoms with Gasteiger partial charge in [0.25, 0.3) is 11.8 Å². The van der Waals surface area contributed by atoms with Crippen LogP contribution in [-0.4, -0.2) is 11.8 Å². The van der Waals surface area contributed by atoms with Crippen LogP contribution in [0.25, 0.3) is 10.8 Å². The topological polar surface area (TPSA) is 46.2 Å². The molecule has 178 valence electrons. The van der Waals surface area contributed by atoms with E-state index in [4.69, 9.17) is 0 Å². The number of carbonyl (C=O) groups is 2. The van der Waals surface area contributed by atoms with Crippen molar-refractivity contribution in [2.75, 3.05) is 0 Å². The van der Waals surface area contributed by atoms with Crippen LogP contribution < -0.4 is 5.32 Å². The van der Waals surface area contributed by atoms with Crippen molar-refractivity contribution >= 4 is 22.6 Å². The fraction of sp³-hybridized carbons (Fsp3) is 0.600. The molecule has 0 spiro atoms. The Morgan fingerprint density at radius 2 is 1.33 bits per heavy atom. The van der Waals surface area contributed by atoms with Gasteiger partial charge < -0.3 is 0 Å². The van der Waals surface area contributed by atoms with Gasteiger partial charge in [0.1, 0.15) is 0 Å². The maximum Gasteiger partial charge on any atom is 0.259 e. The van der Waals surface area contributed by atoms with Crippen molar-refractivity contribution in [2.24, 2.45) is 0 Å². The van der Waals surface area contributed by atoms with E-state index in [1.807, 2.05) is 6.07 Å². The molecule has 0 aromatic heterocycles. The molecule has 4 rings (SSSR count). The van der Waals surface area contributed by atoms with E-state index in [1.165, 1.54) is 100.0 Å². The van der Waals surface area contributed by atoms with Crippen LogP contribution in [0, 0.1) is 0 Å². The molecule has 1 heterocycles. The maximum atomic E-state index is 12.8. The number of rotatable bonds is 14. The van der Waals surface area contributed by atoms with E-state index in [9.17, 15) is 9.59 Å². The lowest BCUT2D eigenvalue weighted by Gasteiger charge is -2.23. The lowest BCUT2D eigenvalue weighted by Crippen LogP contribution is -2.20. The summed E-state index contributed by atoms with van der Waals surface area (Å²) in [5, 5.41) is 4.97. The zero-order valence-corrected chi connectivity index (χ0v) is 20.7. The summed E-state index contributed by atoms with van der Waals surface area (Å²) in [6, 6.07) is 8.49. The van der Waals surface area contributed by atoms with Crippen LogP contribution in [0.2, 0.25) is 0 Å². The Morgan fingerprint density at radius 1 is 0.727 bits per heavy atom. The summed E-state index contributed by atoms with van der Waals surface area (Å²) in [7, 11) is 0. The van der Waals surface area contributed by atoms with Crippen LogP contribution in [0.3, 0.4) is 0 Å². The molecule has 0 saturated heterocycles. The Labute approximate surface area is 199 Å². The van der Waals surface area contributed by atoms with Crippen molar-refractivity contribution in [3.8, 4) is 0 Å². The number of fused-ring (bicyclic) bond motifs is 2. The molecule has 2 amide bonds. The van der Waals surface area contributed by atoms with Gasteiger partial charge in [-0.05, 0) is 52.6 Å². The van der Waals surface area contributed by atoms with Crippen molar-refractivity contribution in [1.82, 2.24) is 5.32 Å². The molecular weight excluding hydrogens is 406 g/mol. The highest BCUT2D eigenvalue weighted by Gasteiger charge is 2.41. The number of benzene rings is 2. The number of unbranched alkanes of at least 4 members (excludes halogenated alkanes) is 10. The van der Waals surface area contributed by atoms with Gasteiger partial charge in [0.2, 0.25) is 0 Å². The van der Waals surface area contributed by atoms with E-state index in [2.05, 4.69) is 37.4 Å². The van der Waals surface area contributed by atoms with E-state index in [1.54, 1.807) is 0 Å². The second kappa shape index (κ2) is 11.3. The summed E-state index contributed by atoms with van der Waals surface area (Å²) in [6.07, 6.45) is 17.9. The fourth-order valence-electron chi connectivity index (χ4n) is 6.26. The second-order valence-electron chi connectivity index (χ2n) is 10.3. The predicted molar refractivity (Wildman–Crippen MR) is 137 cm³/mol. The van der Waals surface area contributed by atoms with E-state index in [0.29, 0.717) is 23.0 Å². The summed E-state index contributed by atoms with van der Waals surface area (Å²) in [4.78, 5) is 25.3. The predicted octanol–water partition coefficient (Wildman–Crippen LogP) is 8.41. The average molecular weight is 448 g/mol. The Morgan fingerprint density at radius 3 is 2.03 bits per heavy atom. The largest absolute Gasteiger partial charge is 0.288 e. The molecule has 2 aromatic carbocycles. The number of amides is 2. The molecule has 2 unspecified atom stereocenters. The third-order valence-corrected chi connectivity index (χ3v) is 7.93. The molecule has 2 aliphatic rings. The van der Waals surface area contributed by atoms with Gasteiger partial charge in [-0.2, -0.15) is 0 Å². The third-order valence-electron chi connectivity index (χ3n) is 7.93.